The molecule has 0 aliphatic rings. The quantitative estimate of drug-likeness (QED) is 0.310. The van der Waals surface area contributed by atoms with Gasteiger partial charge >= 0.3 is 0 Å². The van der Waals surface area contributed by atoms with Crippen LogP contribution in [0.3, 0.4) is 0 Å². The second-order valence-electron chi connectivity index (χ2n) is 7.80. The van der Waals surface area contributed by atoms with Gasteiger partial charge in [-0.05, 0) is 37.1 Å². The van der Waals surface area contributed by atoms with E-state index in [0.717, 1.165) is 29.4 Å². The van der Waals surface area contributed by atoms with E-state index in [1.807, 2.05) is 22.8 Å². The van der Waals surface area contributed by atoms with E-state index in [1.165, 1.54) is 41.4 Å². The van der Waals surface area contributed by atoms with E-state index in [4.69, 9.17) is 11.6 Å². The van der Waals surface area contributed by atoms with Crippen LogP contribution in [-0.2, 0) is 13.5 Å². The molecule has 2 aromatic heterocycles. The van der Waals surface area contributed by atoms with Crippen molar-refractivity contribution in [1.82, 2.24) is 9.13 Å². The molecule has 4 heteroatoms. The van der Waals surface area contributed by atoms with E-state index in [1.54, 1.807) is 6.92 Å². The molecule has 0 unspecified atom stereocenters. The SMILES string of the molecule is CCCCCCc1c(-c2cc3ccc(Cl)cc3n2C(C)=O)c2ccccc2n1C. The van der Waals surface area contributed by atoms with Crippen molar-refractivity contribution in [2.24, 2.45) is 7.05 Å². The molecule has 0 spiro atoms. The Morgan fingerprint density at radius 3 is 2.55 bits per heavy atom. The Labute approximate surface area is 176 Å². The van der Waals surface area contributed by atoms with Gasteiger partial charge in [-0.1, -0.05) is 62.1 Å². The Kier molecular flexibility index (Phi) is 5.51. The van der Waals surface area contributed by atoms with Gasteiger partial charge in [0.1, 0.15) is 0 Å². The van der Waals surface area contributed by atoms with Crippen LogP contribution in [0.2, 0.25) is 5.02 Å². The molecule has 29 heavy (non-hydrogen) atoms. The summed E-state index contributed by atoms with van der Waals surface area (Å²) in [6.07, 6.45) is 5.85. The average Bonchev–Trinajstić information content (AvgIpc) is 3.20. The number of unbranched alkanes of at least 4 members (excludes halogenated alkanes) is 3. The summed E-state index contributed by atoms with van der Waals surface area (Å²) in [6, 6.07) is 16.4. The Balaban J connectivity index is 1.98. The Morgan fingerprint density at radius 2 is 1.79 bits per heavy atom. The van der Waals surface area contributed by atoms with Crippen LogP contribution in [0.5, 0.6) is 0 Å². The topological polar surface area (TPSA) is 26.9 Å². The van der Waals surface area contributed by atoms with Gasteiger partial charge in [0.05, 0.1) is 11.2 Å². The smallest absolute Gasteiger partial charge is 0.228 e. The van der Waals surface area contributed by atoms with Crippen LogP contribution in [0.25, 0.3) is 33.1 Å². The number of carbonyl (C=O) groups is 1. The summed E-state index contributed by atoms with van der Waals surface area (Å²) in [7, 11) is 2.14. The van der Waals surface area contributed by atoms with Crippen LogP contribution in [0.1, 0.15) is 50.0 Å². The second kappa shape index (κ2) is 8.08. The molecular formula is C25H27ClN2O. The van der Waals surface area contributed by atoms with E-state index >= 15 is 0 Å². The van der Waals surface area contributed by atoms with E-state index in [9.17, 15) is 4.79 Å². The van der Waals surface area contributed by atoms with Crippen LogP contribution in [0.4, 0.5) is 0 Å². The van der Waals surface area contributed by atoms with Crippen LogP contribution in [0.15, 0.2) is 48.5 Å². The molecule has 4 aromatic rings. The average molecular weight is 407 g/mol. The molecule has 3 nitrogen and oxygen atoms in total. The van der Waals surface area contributed by atoms with Crippen molar-refractivity contribution in [3.63, 3.8) is 0 Å². The first kappa shape index (κ1) is 19.8. The van der Waals surface area contributed by atoms with Crippen LogP contribution < -0.4 is 0 Å². The highest BCUT2D eigenvalue weighted by atomic mass is 35.5. The van der Waals surface area contributed by atoms with Crippen molar-refractivity contribution in [2.45, 2.75) is 46.0 Å². The first-order valence-electron chi connectivity index (χ1n) is 10.4. The highest BCUT2D eigenvalue weighted by Crippen LogP contribution is 2.38. The third-order valence-electron chi connectivity index (χ3n) is 5.83. The van der Waals surface area contributed by atoms with E-state index < -0.39 is 0 Å². The van der Waals surface area contributed by atoms with Crippen LogP contribution >= 0.6 is 11.6 Å². The van der Waals surface area contributed by atoms with Crippen LogP contribution in [0, 0.1) is 0 Å². The lowest BCUT2D eigenvalue weighted by molar-refractivity contribution is 0.0943. The summed E-state index contributed by atoms with van der Waals surface area (Å²) in [6.45, 7) is 3.86. The Bertz CT molecular complexity index is 1200. The van der Waals surface area contributed by atoms with Gasteiger partial charge in [-0.3, -0.25) is 9.36 Å². The summed E-state index contributed by atoms with van der Waals surface area (Å²) >= 11 is 6.25. The molecular weight excluding hydrogens is 380 g/mol. The number of fused-ring (bicyclic) bond motifs is 2. The molecule has 2 aromatic carbocycles. The number of benzene rings is 2. The summed E-state index contributed by atoms with van der Waals surface area (Å²) < 4.78 is 4.12. The largest absolute Gasteiger partial charge is 0.347 e. The van der Waals surface area contributed by atoms with E-state index in [2.05, 4.69) is 48.9 Å². The number of carbonyl (C=O) groups excluding carboxylic acids is 1. The van der Waals surface area contributed by atoms with Gasteiger partial charge in [0.25, 0.3) is 0 Å². The normalized spacial score (nSPS) is 11.6. The lowest BCUT2D eigenvalue weighted by Crippen LogP contribution is -2.08. The predicted octanol–water partition coefficient (Wildman–Crippen LogP) is 7.24. The highest BCUT2D eigenvalue weighted by Gasteiger charge is 2.22. The predicted molar refractivity (Wildman–Crippen MR) is 123 cm³/mol. The van der Waals surface area contributed by atoms with Crippen molar-refractivity contribution < 1.29 is 4.79 Å². The fourth-order valence-electron chi connectivity index (χ4n) is 4.44. The summed E-state index contributed by atoms with van der Waals surface area (Å²) in [5, 5.41) is 2.86. The molecule has 0 amide bonds. The number of aryl methyl sites for hydroxylation is 1. The molecule has 0 N–H and O–H groups in total. The van der Waals surface area contributed by atoms with E-state index in [0.29, 0.717) is 5.02 Å². The molecule has 0 aliphatic heterocycles. The minimum absolute atomic E-state index is 0.00198. The van der Waals surface area contributed by atoms with Crippen molar-refractivity contribution in [1.29, 1.82) is 0 Å². The fourth-order valence-corrected chi connectivity index (χ4v) is 4.61. The summed E-state index contributed by atoms with van der Waals surface area (Å²) in [5.41, 5.74) is 5.48. The van der Waals surface area contributed by atoms with Gasteiger partial charge in [0, 0.05) is 46.5 Å². The lowest BCUT2D eigenvalue weighted by atomic mass is 10.0. The zero-order valence-corrected chi connectivity index (χ0v) is 18.1. The fraction of sp³-hybridized carbons (Fsp3) is 0.320. The first-order chi connectivity index (χ1) is 14.0. The number of para-hydroxylation sites is 1. The van der Waals surface area contributed by atoms with Gasteiger partial charge in [0.15, 0.2) is 0 Å². The molecule has 0 fully saturated rings. The Morgan fingerprint density at radius 1 is 1.00 bits per heavy atom. The lowest BCUT2D eigenvalue weighted by Gasteiger charge is -2.11. The highest BCUT2D eigenvalue weighted by molar-refractivity contribution is 6.31. The zero-order valence-electron chi connectivity index (χ0n) is 17.3. The van der Waals surface area contributed by atoms with Crippen molar-refractivity contribution in [2.75, 3.05) is 0 Å². The third kappa shape index (κ3) is 3.49. The van der Waals surface area contributed by atoms with Gasteiger partial charge in [-0.2, -0.15) is 0 Å². The Hall–Kier alpha value is -2.52. The van der Waals surface area contributed by atoms with Crippen molar-refractivity contribution in [3.8, 4) is 11.3 Å². The molecule has 2 heterocycles. The molecule has 4 rings (SSSR count). The summed E-state index contributed by atoms with van der Waals surface area (Å²) in [5.74, 6) is 0.00198. The van der Waals surface area contributed by atoms with Gasteiger partial charge < -0.3 is 4.57 Å². The molecule has 0 saturated carbocycles. The summed E-state index contributed by atoms with van der Waals surface area (Å²) in [4.78, 5) is 12.7. The molecule has 0 atom stereocenters. The minimum Gasteiger partial charge on any atom is -0.347 e. The molecule has 0 bridgehead atoms. The maximum Gasteiger partial charge on any atom is 0.228 e. The number of rotatable bonds is 6. The molecule has 0 saturated heterocycles. The standard InChI is InChI=1S/C25H27ClN2O/c1-4-5-6-7-12-22-25(20-10-8-9-11-21(20)27(22)3)24-15-18-13-14-19(26)16-23(18)28(24)17(2)29/h8-11,13-16H,4-7,12H2,1-3H3. The maximum absolute atomic E-state index is 12.7. The van der Waals surface area contributed by atoms with Crippen molar-refractivity contribution >= 4 is 39.3 Å². The number of nitrogens with zero attached hydrogens (tertiary/aromatic N) is 2. The third-order valence-corrected chi connectivity index (χ3v) is 6.07. The van der Waals surface area contributed by atoms with Gasteiger partial charge in [0.2, 0.25) is 5.91 Å². The number of hydrogen-bond donors (Lipinski definition) is 0. The van der Waals surface area contributed by atoms with Gasteiger partial charge in [-0.25, -0.2) is 0 Å². The molecule has 0 radical (unpaired) electrons. The van der Waals surface area contributed by atoms with Crippen molar-refractivity contribution in [3.05, 3.63) is 59.2 Å². The number of hydrogen-bond acceptors (Lipinski definition) is 1. The number of aromatic nitrogens is 2. The molecule has 0 aliphatic carbocycles. The maximum atomic E-state index is 12.7. The number of halogens is 1. The second-order valence-corrected chi connectivity index (χ2v) is 8.23. The molecule has 150 valence electrons. The van der Waals surface area contributed by atoms with E-state index in [-0.39, 0.29) is 5.91 Å². The van der Waals surface area contributed by atoms with Gasteiger partial charge in [-0.15, -0.1) is 0 Å². The van der Waals surface area contributed by atoms with Crippen LogP contribution in [-0.4, -0.2) is 15.0 Å². The first-order valence-corrected chi connectivity index (χ1v) is 10.8. The monoisotopic (exact) mass is 406 g/mol. The zero-order chi connectivity index (χ0) is 20.5. The minimum atomic E-state index is 0.00198.